The zero-order valence-electron chi connectivity index (χ0n) is 12.5. The van der Waals surface area contributed by atoms with Crippen molar-refractivity contribution >= 4 is 17.1 Å². The van der Waals surface area contributed by atoms with Gasteiger partial charge < -0.3 is 4.90 Å². The van der Waals surface area contributed by atoms with Gasteiger partial charge in [-0.2, -0.15) is 0 Å². The summed E-state index contributed by atoms with van der Waals surface area (Å²) < 4.78 is 0. The second kappa shape index (κ2) is 5.68. The fraction of sp³-hybridized carbons (Fsp3) is 0.250. The van der Waals surface area contributed by atoms with Crippen molar-refractivity contribution in [3.05, 3.63) is 74.3 Å². The van der Waals surface area contributed by atoms with E-state index < -0.39 is 9.85 Å². The molecule has 1 fully saturated rings. The van der Waals surface area contributed by atoms with E-state index in [9.17, 15) is 20.2 Å². The van der Waals surface area contributed by atoms with Crippen molar-refractivity contribution in [1.82, 2.24) is 0 Å². The van der Waals surface area contributed by atoms with Gasteiger partial charge in [-0.3, -0.25) is 20.2 Å². The van der Waals surface area contributed by atoms with Gasteiger partial charge in [-0.25, -0.2) is 0 Å². The molecule has 3 rings (SSSR count). The maximum absolute atomic E-state index is 11.3. The Morgan fingerprint density at radius 3 is 2.30 bits per heavy atom. The average Bonchev–Trinajstić information content (AvgIpc) is 2.52. The van der Waals surface area contributed by atoms with Gasteiger partial charge in [-0.05, 0) is 17.5 Å². The van der Waals surface area contributed by atoms with Gasteiger partial charge in [-0.15, -0.1) is 0 Å². The predicted molar refractivity (Wildman–Crippen MR) is 85.4 cm³/mol. The molecule has 1 aliphatic heterocycles. The summed E-state index contributed by atoms with van der Waals surface area (Å²) in [5.41, 5.74) is 1.00. The second-order valence-corrected chi connectivity index (χ2v) is 5.67. The summed E-state index contributed by atoms with van der Waals surface area (Å²) >= 11 is 0. The number of benzene rings is 2. The van der Waals surface area contributed by atoms with Gasteiger partial charge in [0.05, 0.1) is 22.0 Å². The fourth-order valence-electron chi connectivity index (χ4n) is 3.11. The molecule has 118 valence electrons. The fourth-order valence-corrected chi connectivity index (χ4v) is 3.11. The van der Waals surface area contributed by atoms with Crippen LogP contribution >= 0.6 is 0 Å². The average molecular weight is 313 g/mol. The molecule has 1 saturated heterocycles. The Hall–Kier alpha value is -2.96. The summed E-state index contributed by atoms with van der Waals surface area (Å²) in [6.45, 7) is 2.77. The van der Waals surface area contributed by atoms with Crippen LogP contribution in [0.1, 0.15) is 18.5 Å². The SMILES string of the molecule is C[C@H]1CN(c2ccc([N+](=O)[O-])cc2[N+](=O)[O-])[C@H]1c1ccccc1. The summed E-state index contributed by atoms with van der Waals surface area (Å²) in [5.74, 6) is 0.354. The van der Waals surface area contributed by atoms with Gasteiger partial charge in [0.15, 0.2) is 0 Å². The van der Waals surface area contributed by atoms with E-state index in [2.05, 4.69) is 6.92 Å². The summed E-state index contributed by atoms with van der Waals surface area (Å²) in [6.07, 6.45) is 0. The topological polar surface area (TPSA) is 89.5 Å². The minimum absolute atomic E-state index is 0.0383. The van der Waals surface area contributed by atoms with Crippen LogP contribution < -0.4 is 4.90 Å². The molecule has 2 aromatic rings. The lowest BCUT2D eigenvalue weighted by Gasteiger charge is -2.48. The molecule has 0 amide bonds. The van der Waals surface area contributed by atoms with E-state index in [-0.39, 0.29) is 17.4 Å². The first-order valence-electron chi connectivity index (χ1n) is 7.23. The Balaban J connectivity index is 2.01. The minimum atomic E-state index is -0.621. The van der Waals surface area contributed by atoms with Crippen molar-refractivity contribution in [3.8, 4) is 0 Å². The molecular formula is C16H15N3O4. The van der Waals surface area contributed by atoms with E-state index >= 15 is 0 Å². The lowest BCUT2D eigenvalue weighted by molar-refractivity contribution is -0.393. The minimum Gasteiger partial charge on any atom is -0.358 e. The third-order valence-electron chi connectivity index (χ3n) is 4.18. The molecule has 2 atom stereocenters. The quantitative estimate of drug-likeness (QED) is 0.634. The van der Waals surface area contributed by atoms with E-state index in [0.717, 1.165) is 11.6 Å². The van der Waals surface area contributed by atoms with Gasteiger partial charge >= 0.3 is 0 Å². The van der Waals surface area contributed by atoms with Crippen molar-refractivity contribution in [1.29, 1.82) is 0 Å². The highest BCUT2D eigenvalue weighted by atomic mass is 16.6. The van der Waals surface area contributed by atoms with Crippen LogP contribution in [0.15, 0.2) is 48.5 Å². The first-order valence-corrected chi connectivity index (χ1v) is 7.23. The van der Waals surface area contributed by atoms with Gasteiger partial charge in [0, 0.05) is 12.6 Å². The Bertz CT molecular complexity index is 763. The molecule has 23 heavy (non-hydrogen) atoms. The highest BCUT2D eigenvalue weighted by Gasteiger charge is 2.40. The predicted octanol–water partition coefficient (Wildman–Crippen LogP) is 3.70. The van der Waals surface area contributed by atoms with Crippen molar-refractivity contribution in [3.63, 3.8) is 0 Å². The van der Waals surface area contributed by atoms with Crippen LogP contribution in [0.25, 0.3) is 0 Å². The molecule has 0 saturated carbocycles. The lowest BCUT2D eigenvalue weighted by Crippen LogP contribution is -2.48. The molecule has 0 radical (unpaired) electrons. The molecule has 1 heterocycles. The molecular weight excluding hydrogens is 298 g/mol. The van der Waals surface area contributed by atoms with Crippen LogP contribution in [-0.4, -0.2) is 16.4 Å². The molecule has 7 nitrogen and oxygen atoms in total. The molecule has 0 spiro atoms. The zero-order valence-corrected chi connectivity index (χ0v) is 12.5. The molecule has 2 aromatic carbocycles. The maximum Gasteiger partial charge on any atom is 0.299 e. The van der Waals surface area contributed by atoms with Crippen molar-refractivity contribution in [2.75, 3.05) is 11.4 Å². The Labute approximate surface area is 132 Å². The van der Waals surface area contributed by atoms with Crippen LogP contribution in [0, 0.1) is 26.1 Å². The van der Waals surface area contributed by atoms with E-state index in [1.807, 2.05) is 35.2 Å². The summed E-state index contributed by atoms with van der Waals surface area (Å²) in [7, 11) is 0. The summed E-state index contributed by atoms with van der Waals surface area (Å²) in [5, 5.41) is 22.2. The molecule has 0 unspecified atom stereocenters. The smallest absolute Gasteiger partial charge is 0.299 e. The summed E-state index contributed by atoms with van der Waals surface area (Å²) in [6, 6.07) is 13.6. The van der Waals surface area contributed by atoms with Crippen LogP contribution in [0.4, 0.5) is 17.1 Å². The normalized spacial score (nSPS) is 20.0. The molecule has 0 bridgehead atoms. The summed E-state index contributed by atoms with van der Waals surface area (Å²) in [4.78, 5) is 22.9. The lowest BCUT2D eigenvalue weighted by atomic mass is 9.84. The molecule has 0 N–H and O–H groups in total. The third-order valence-corrected chi connectivity index (χ3v) is 4.18. The number of hydrogen-bond donors (Lipinski definition) is 0. The van der Waals surface area contributed by atoms with Crippen LogP contribution in [0.2, 0.25) is 0 Å². The molecule has 1 aliphatic rings. The number of nitro groups is 2. The van der Waals surface area contributed by atoms with Crippen LogP contribution in [0.3, 0.4) is 0 Å². The first-order chi connectivity index (χ1) is 11.0. The van der Waals surface area contributed by atoms with E-state index in [1.165, 1.54) is 12.1 Å². The number of hydrogen-bond acceptors (Lipinski definition) is 5. The largest absolute Gasteiger partial charge is 0.358 e. The van der Waals surface area contributed by atoms with E-state index in [4.69, 9.17) is 0 Å². The third kappa shape index (κ3) is 2.61. The van der Waals surface area contributed by atoms with Crippen molar-refractivity contribution in [2.45, 2.75) is 13.0 Å². The molecule has 0 aromatic heterocycles. The molecule has 7 heteroatoms. The number of nitrogens with zero attached hydrogens (tertiary/aromatic N) is 3. The van der Waals surface area contributed by atoms with Gasteiger partial charge in [0.25, 0.3) is 11.4 Å². The van der Waals surface area contributed by atoms with Gasteiger partial charge in [0.2, 0.25) is 0 Å². The monoisotopic (exact) mass is 313 g/mol. The highest BCUT2D eigenvalue weighted by Crippen LogP contribution is 2.45. The number of non-ortho nitro benzene ring substituents is 1. The van der Waals surface area contributed by atoms with E-state index in [0.29, 0.717) is 18.2 Å². The van der Waals surface area contributed by atoms with Gasteiger partial charge in [0.1, 0.15) is 5.69 Å². The number of anilines is 1. The standard InChI is InChI=1S/C16H15N3O4/c1-11-10-17(16(11)12-5-3-2-4-6-12)14-8-7-13(18(20)21)9-15(14)19(22)23/h2-9,11,16H,10H2,1H3/t11-,16+/m0/s1. The highest BCUT2D eigenvalue weighted by molar-refractivity contribution is 5.69. The first kappa shape index (κ1) is 15.0. The van der Waals surface area contributed by atoms with E-state index in [1.54, 1.807) is 0 Å². The second-order valence-electron chi connectivity index (χ2n) is 5.67. The van der Waals surface area contributed by atoms with Crippen LogP contribution in [0.5, 0.6) is 0 Å². The van der Waals surface area contributed by atoms with Crippen molar-refractivity contribution in [2.24, 2.45) is 5.92 Å². The molecule has 0 aliphatic carbocycles. The maximum atomic E-state index is 11.3. The Morgan fingerprint density at radius 2 is 1.74 bits per heavy atom. The number of nitro benzene ring substituents is 2. The Kier molecular flexibility index (Phi) is 3.69. The number of rotatable bonds is 4. The van der Waals surface area contributed by atoms with Gasteiger partial charge in [-0.1, -0.05) is 37.3 Å². The zero-order chi connectivity index (χ0) is 16.6. The van der Waals surface area contributed by atoms with Crippen molar-refractivity contribution < 1.29 is 9.85 Å². The van der Waals surface area contributed by atoms with Crippen LogP contribution in [-0.2, 0) is 0 Å². The Morgan fingerprint density at radius 1 is 1.04 bits per heavy atom.